The van der Waals surface area contributed by atoms with Gasteiger partial charge < -0.3 is 5.32 Å². The monoisotopic (exact) mass is 151 g/mol. The van der Waals surface area contributed by atoms with Gasteiger partial charge in [-0.1, -0.05) is 13.8 Å². The highest BCUT2D eigenvalue weighted by Crippen LogP contribution is 1.99. The van der Waals surface area contributed by atoms with Crippen LogP contribution in [0, 0.1) is 5.92 Å². The Kier molecular flexibility index (Phi) is 2.83. The Balaban J connectivity index is 2.39. The molecule has 3 heteroatoms. The van der Waals surface area contributed by atoms with Gasteiger partial charge in [0.1, 0.15) is 5.82 Å². The second kappa shape index (κ2) is 3.91. The van der Waals surface area contributed by atoms with Gasteiger partial charge in [-0.2, -0.15) is 5.10 Å². The molecule has 0 amide bonds. The number of hydrogen-bond acceptors (Lipinski definition) is 3. The third-order valence-corrected chi connectivity index (χ3v) is 1.26. The van der Waals surface area contributed by atoms with Crippen LogP contribution in [-0.2, 0) is 0 Å². The molecule has 0 atom stereocenters. The minimum atomic E-state index is 0.636. The van der Waals surface area contributed by atoms with E-state index < -0.39 is 0 Å². The van der Waals surface area contributed by atoms with Crippen LogP contribution in [-0.4, -0.2) is 16.7 Å². The molecule has 0 spiro atoms. The molecule has 0 saturated heterocycles. The predicted molar refractivity (Wildman–Crippen MR) is 45.4 cm³/mol. The van der Waals surface area contributed by atoms with Crippen molar-refractivity contribution in [1.29, 1.82) is 0 Å². The van der Waals surface area contributed by atoms with Crippen molar-refractivity contribution in [3.63, 3.8) is 0 Å². The molecule has 1 aromatic heterocycles. The van der Waals surface area contributed by atoms with Gasteiger partial charge in [0, 0.05) is 12.7 Å². The Labute approximate surface area is 66.8 Å². The summed E-state index contributed by atoms with van der Waals surface area (Å²) in [6, 6.07) is 3.78. The van der Waals surface area contributed by atoms with E-state index in [0.717, 1.165) is 12.4 Å². The Morgan fingerprint density at radius 2 is 2.36 bits per heavy atom. The van der Waals surface area contributed by atoms with Crippen molar-refractivity contribution in [2.75, 3.05) is 11.9 Å². The van der Waals surface area contributed by atoms with Crippen LogP contribution in [0.3, 0.4) is 0 Å². The molecule has 60 valence electrons. The van der Waals surface area contributed by atoms with Crippen LogP contribution >= 0.6 is 0 Å². The van der Waals surface area contributed by atoms with Gasteiger partial charge in [-0.25, -0.2) is 0 Å². The lowest BCUT2D eigenvalue weighted by Gasteiger charge is -2.05. The highest BCUT2D eigenvalue weighted by atomic mass is 15.2. The molecule has 0 fully saturated rings. The zero-order valence-corrected chi connectivity index (χ0v) is 6.91. The summed E-state index contributed by atoms with van der Waals surface area (Å²) in [4.78, 5) is 0. The minimum Gasteiger partial charge on any atom is -0.368 e. The standard InChI is InChI=1S/C8H13N3/c1-7(2)6-9-8-4-3-5-10-11-8/h3-5,7H,6H2,1-2H3,(H,9,11). The van der Waals surface area contributed by atoms with Crippen LogP contribution in [0.25, 0.3) is 0 Å². The molecule has 1 heterocycles. The van der Waals surface area contributed by atoms with Crippen molar-refractivity contribution in [1.82, 2.24) is 10.2 Å². The van der Waals surface area contributed by atoms with E-state index >= 15 is 0 Å². The average molecular weight is 151 g/mol. The van der Waals surface area contributed by atoms with Crippen LogP contribution in [0.5, 0.6) is 0 Å². The van der Waals surface area contributed by atoms with E-state index in [2.05, 4.69) is 29.4 Å². The van der Waals surface area contributed by atoms with Gasteiger partial charge in [0.15, 0.2) is 0 Å². The lowest BCUT2D eigenvalue weighted by molar-refractivity contribution is 0.685. The molecule has 0 bridgehead atoms. The van der Waals surface area contributed by atoms with E-state index in [1.165, 1.54) is 0 Å². The summed E-state index contributed by atoms with van der Waals surface area (Å²) < 4.78 is 0. The Morgan fingerprint density at radius 3 is 2.91 bits per heavy atom. The molecule has 3 nitrogen and oxygen atoms in total. The molecule has 0 radical (unpaired) electrons. The first-order chi connectivity index (χ1) is 5.29. The number of nitrogens with one attached hydrogen (secondary N) is 1. The Bertz CT molecular complexity index is 196. The smallest absolute Gasteiger partial charge is 0.148 e. The molecule has 1 N–H and O–H groups in total. The summed E-state index contributed by atoms with van der Waals surface area (Å²) >= 11 is 0. The molecule has 0 aliphatic carbocycles. The molecule has 0 aliphatic heterocycles. The molecule has 0 saturated carbocycles. The largest absolute Gasteiger partial charge is 0.368 e. The van der Waals surface area contributed by atoms with E-state index in [-0.39, 0.29) is 0 Å². The first kappa shape index (κ1) is 7.98. The second-order valence-electron chi connectivity index (χ2n) is 2.88. The van der Waals surface area contributed by atoms with Crippen molar-refractivity contribution >= 4 is 5.82 Å². The van der Waals surface area contributed by atoms with Gasteiger partial charge in [0.2, 0.25) is 0 Å². The first-order valence-electron chi connectivity index (χ1n) is 3.80. The number of hydrogen-bond donors (Lipinski definition) is 1. The third kappa shape index (κ3) is 2.98. The zero-order chi connectivity index (χ0) is 8.10. The summed E-state index contributed by atoms with van der Waals surface area (Å²) in [5.74, 6) is 1.48. The summed E-state index contributed by atoms with van der Waals surface area (Å²) in [5.41, 5.74) is 0. The molecule has 0 unspecified atom stereocenters. The van der Waals surface area contributed by atoms with Crippen LogP contribution in [0.15, 0.2) is 18.3 Å². The van der Waals surface area contributed by atoms with Gasteiger partial charge >= 0.3 is 0 Å². The van der Waals surface area contributed by atoms with E-state index in [1.807, 2.05) is 12.1 Å². The topological polar surface area (TPSA) is 37.8 Å². The highest BCUT2D eigenvalue weighted by Gasteiger charge is 1.93. The maximum absolute atomic E-state index is 3.89. The first-order valence-corrected chi connectivity index (χ1v) is 3.80. The van der Waals surface area contributed by atoms with Crippen LogP contribution in [0.4, 0.5) is 5.82 Å². The summed E-state index contributed by atoms with van der Waals surface area (Å²) in [6.07, 6.45) is 1.67. The Hall–Kier alpha value is -1.12. The van der Waals surface area contributed by atoms with Crippen molar-refractivity contribution in [2.24, 2.45) is 5.92 Å². The maximum Gasteiger partial charge on any atom is 0.148 e. The molecule has 0 aliphatic rings. The average Bonchev–Trinajstić information content (AvgIpc) is 2.03. The number of nitrogens with zero attached hydrogens (tertiary/aromatic N) is 2. The normalized spacial score (nSPS) is 10.1. The summed E-state index contributed by atoms with van der Waals surface area (Å²) in [5, 5.41) is 10.8. The van der Waals surface area contributed by atoms with Crippen molar-refractivity contribution in [3.05, 3.63) is 18.3 Å². The molecule has 1 aromatic rings. The van der Waals surface area contributed by atoms with E-state index in [0.29, 0.717) is 5.92 Å². The van der Waals surface area contributed by atoms with Crippen LogP contribution < -0.4 is 5.32 Å². The molecular formula is C8H13N3. The SMILES string of the molecule is CC(C)CNc1cccnn1. The van der Waals surface area contributed by atoms with Crippen LogP contribution in [0.2, 0.25) is 0 Å². The maximum atomic E-state index is 3.89. The van der Waals surface area contributed by atoms with Gasteiger partial charge in [-0.15, -0.1) is 5.10 Å². The van der Waals surface area contributed by atoms with Gasteiger partial charge in [-0.05, 0) is 18.1 Å². The number of aromatic nitrogens is 2. The molecule has 11 heavy (non-hydrogen) atoms. The van der Waals surface area contributed by atoms with Crippen molar-refractivity contribution in [3.8, 4) is 0 Å². The van der Waals surface area contributed by atoms with Crippen LogP contribution in [0.1, 0.15) is 13.8 Å². The molecule has 1 rings (SSSR count). The number of anilines is 1. The summed E-state index contributed by atoms with van der Waals surface area (Å²) in [6.45, 7) is 5.26. The Morgan fingerprint density at radius 1 is 1.55 bits per heavy atom. The van der Waals surface area contributed by atoms with Gasteiger partial charge in [0.05, 0.1) is 0 Å². The molecule has 0 aromatic carbocycles. The van der Waals surface area contributed by atoms with Crippen molar-refractivity contribution in [2.45, 2.75) is 13.8 Å². The second-order valence-corrected chi connectivity index (χ2v) is 2.88. The minimum absolute atomic E-state index is 0.636. The third-order valence-electron chi connectivity index (χ3n) is 1.26. The zero-order valence-electron chi connectivity index (χ0n) is 6.91. The fraction of sp³-hybridized carbons (Fsp3) is 0.500. The number of rotatable bonds is 3. The lowest BCUT2D eigenvalue weighted by atomic mass is 10.2. The summed E-state index contributed by atoms with van der Waals surface area (Å²) in [7, 11) is 0. The highest BCUT2D eigenvalue weighted by molar-refractivity contribution is 5.31. The molecular weight excluding hydrogens is 138 g/mol. The quantitative estimate of drug-likeness (QED) is 0.712. The van der Waals surface area contributed by atoms with E-state index in [9.17, 15) is 0 Å². The van der Waals surface area contributed by atoms with Gasteiger partial charge in [0.25, 0.3) is 0 Å². The fourth-order valence-corrected chi connectivity index (χ4v) is 0.705. The van der Waals surface area contributed by atoms with Gasteiger partial charge in [-0.3, -0.25) is 0 Å². The fourth-order valence-electron chi connectivity index (χ4n) is 0.705. The van der Waals surface area contributed by atoms with E-state index in [4.69, 9.17) is 0 Å². The predicted octanol–water partition coefficient (Wildman–Crippen LogP) is 1.54. The van der Waals surface area contributed by atoms with E-state index in [1.54, 1.807) is 6.20 Å². The van der Waals surface area contributed by atoms with Crippen molar-refractivity contribution < 1.29 is 0 Å². The lowest BCUT2D eigenvalue weighted by Crippen LogP contribution is -2.09.